The van der Waals surface area contributed by atoms with Crippen LogP contribution in [0.4, 0.5) is 4.79 Å². The van der Waals surface area contributed by atoms with Crippen LogP contribution < -0.4 is 15.4 Å². The number of alkyl carbamates (subject to hydrolysis) is 1. The highest BCUT2D eigenvalue weighted by molar-refractivity contribution is 6.30. The van der Waals surface area contributed by atoms with E-state index >= 15 is 0 Å². The van der Waals surface area contributed by atoms with Gasteiger partial charge in [0.2, 0.25) is 0 Å². The number of benzene rings is 1. The van der Waals surface area contributed by atoms with Crippen LogP contribution >= 0.6 is 11.6 Å². The molecule has 2 N–H and O–H groups in total. The van der Waals surface area contributed by atoms with E-state index in [1.807, 2.05) is 19.1 Å². The van der Waals surface area contributed by atoms with Crippen LogP contribution in [0.1, 0.15) is 12.5 Å². The van der Waals surface area contributed by atoms with Gasteiger partial charge in [-0.2, -0.15) is 0 Å². The smallest absolute Gasteiger partial charge is 0.407 e. The molecule has 1 atom stereocenters. The van der Waals surface area contributed by atoms with E-state index in [0.717, 1.165) is 17.9 Å². The van der Waals surface area contributed by atoms with Gasteiger partial charge in [0.15, 0.2) is 6.10 Å². The van der Waals surface area contributed by atoms with Crippen molar-refractivity contribution in [1.29, 1.82) is 0 Å². The molecule has 1 aromatic carbocycles. The molecule has 19 heavy (non-hydrogen) atoms. The van der Waals surface area contributed by atoms with Gasteiger partial charge in [-0.1, -0.05) is 18.5 Å². The van der Waals surface area contributed by atoms with Crippen molar-refractivity contribution in [3.63, 3.8) is 0 Å². The summed E-state index contributed by atoms with van der Waals surface area (Å²) in [4.78, 5) is 10.9. The maximum Gasteiger partial charge on any atom is 0.407 e. The maximum atomic E-state index is 10.9. The maximum absolute atomic E-state index is 10.9. The Labute approximate surface area is 117 Å². The van der Waals surface area contributed by atoms with Crippen LogP contribution in [0.15, 0.2) is 18.2 Å². The molecule has 1 unspecified atom stereocenters. The lowest BCUT2D eigenvalue weighted by Crippen LogP contribution is -2.22. The van der Waals surface area contributed by atoms with Crippen LogP contribution in [0, 0.1) is 0 Å². The number of cyclic esters (lactones) is 1. The number of carbonyl (C=O) groups is 1. The van der Waals surface area contributed by atoms with E-state index in [9.17, 15) is 4.79 Å². The number of halogens is 1. The Hall–Kier alpha value is -1.46. The van der Waals surface area contributed by atoms with E-state index in [2.05, 4.69) is 10.6 Å². The summed E-state index contributed by atoms with van der Waals surface area (Å²) in [5.74, 6) is 0.758. The lowest BCUT2D eigenvalue weighted by Gasteiger charge is -2.14. The summed E-state index contributed by atoms with van der Waals surface area (Å²) in [6.45, 7) is 4.41. The Morgan fingerprint density at radius 3 is 3.11 bits per heavy atom. The fourth-order valence-corrected chi connectivity index (χ4v) is 1.99. The second kappa shape index (κ2) is 6.63. The topological polar surface area (TPSA) is 59.6 Å². The first kappa shape index (κ1) is 14.0. The predicted molar refractivity (Wildman–Crippen MR) is 72.6 cm³/mol. The third-order valence-corrected chi connectivity index (χ3v) is 3.00. The van der Waals surface area contributed by atoms with Crippen molar-refractivity contribution >= 4 is 17.7 Å². The van der Waals surface area contributed by atoms with Crippen LogP contribution in [0.2, 0.25) is 5.02 Å². The Morgan fingerprint density at radius 1 is 1.58 bits per heavy atom. The molecule has 0 spiro atoms. The zero-order chi connectivity index (χ0) is 13.7. The number of carbonyl (C=O) groups excluding carboxylic acids is 1. The zero-order valence-electron chi connectivity index (χ0n) is 10.7. The van der Waals surface area contributed by atoms with E-state index < -0.39 is 6.09 Å². The molecule has 1 fully saturated rings. The van der Waals surface area contributed by atoms with Gasteiger partial charge < -0.3 is 20.1 Å². The van der Waals surface area contributed by atoms with Gasteiger partial charge in [0.1, 0.15) is 12.4 Å². The Kier molecular flexibility index (Phi) is 4.87. The monoisotopic (exact) mass is 284 g/mol. The highest BCUT2D eigenvalue weighted by Crippen LogP contribution is 2.23. The van der Waals surface area contributed by atoms with Gasteiger partial charge in [-0.05, 0) is 24.7 Å². The Balaban J connectivity index is 1.96. The fourth-order valence-electron chi connectivity index (χ4n) is 1.79. The predicted octanol–water partition coefficient (Wildman–Crippen LogP) is 1.94. The summed E-state index contributed by atoms with van der Waals surface area (Å²) < 4.78 is 10.7. The lowest BCUT2D eigenvalue weighted by molar-refractivity contribution is 0.104. The van der Waals surface area contributed by atoms with Crippen LogP contribution in [-0.2, 0) is 11.3 Å². The van der Waals surface area contributed by atoms with Gasteiger partial charge in [-0.25, -0.2) is 4.79 Å². The molecule has 1 heterocycles. The van der Waals surface area contributed by atoms with Crippen molar-refractivity contribution in [1.82, 2.24) is 10.6 Å². The van der Waals surface area contributed by atoms with Crippen molar-refractivity contribution in [2.45, 2.75) is 19.6 Å². The van der Waals surface area contributed by atoms with Gasteiger partial charge in [-0.3, -0.25) is 0 Å². The molecule has 2 rings (SSSR count). The first-order valence-electron chi connectivity index (χ1n) is 6.25. The van der Waals surface area contributed by atoms with Gasteiger partial charge in [0, 0.05) is 17.1 Å². The molecule has 0 radical (unpaired) electrons. The molecule has 0 saturated carbocycles. The summed E-state index contributed by atoms with van der Waals surface area (Å²) in [5.41, 5.74) is 0.992. The fraction of sp³-hybridized carbons (Fsp3) is 0.462. The minimum Gasteiger partial charge on any atom is -0.489 e. The second-order valence-electron chi connectivity index (χ2n) is 4.25. The summed E-state index contributed by atoms with van der Waals surface area (Å²) >= 11 is 5.98. The normalized spacial score (nSPS) is 18.0. The van der Waals surface area contributed by atoms with Crippen molar-refractivity contribution in [3.05, 3.63) is 28.8 Å². The van der Waals surface area contributed by atoms with Gasteiger partial charge in [-0.15, -0.1) is 0 Å². The Bertz CT molecular complexity index is 454. The standard InChI is InChI=1S/C13H17ClN2O3/c1-2-15-6-9-5-10(14)3-4-12(9)18-8-11-7-16-13(17)19-11/h3-5,11,15H,2,6-8H2,1H3,(H,16,17). The number of amides is 1. The molecule has 1 aromatic rings. The molecule has 1 aliphatic heterocycles. The Morgan fingerprint density at radius 2 is 2.42 bits per heavy atom. The molecule has 5 nitrogen and oxygen atoms in total. The van der Waals surface area contributed by atoms with E-state index in [1.165, 1.54) is 0 Å². The van der Waals surface area contributed by atoms with E-state index in [-0.39, 0.29) is 6.10 Å². The SMILES string of the molecule is CCNCc1cc(Cl)ccc1OCC1CNC(=O)O1. The summed E-state index contributed by atoms with van der Waals surface area (Å²) in [6.07, 6.45) is -0.632. The van der Waals surface area contributed by atoms with E-state index in [4.69, 9.17) is 21.1 Å². The number of nitrogens with one attached hydrogen (secondary N) is 2. The average Bonchev–Trinajstić information content (AvgIpc) is 2.81. The first-order chi connectivity index (χ1) is 9.19. The van der Waals surface area contributed by atoms with Crippen molar-refractivity contribution in [2.24, 2.45) is 0 Å². The number of rotatable bonds is 6. The average molecular weight is 285 g/mol. The molecular formula is C13H17ClN2O3. The van der Waals surface area contributed by atoms with Gasteiger partial charge in [0.05, 0.1) is 6.54 Å². The van der Waals surface area contributed by atoms with Crippen LogP contribution in [0.3, 0.4) is 0 Å². The number of ether oxygens (including phenoxy) is 2. The number of hydrogen-bond acceptors (Lipinski definition) is 4. The highest BCUT2D eigenvalue weighted by Gasteiger charge is 2.23. The second-order valence-corrected chi connectivity index (χ2v) is 4.69. The molecule has 1 saturated heterocycles. The minimum absolute atomic E-state index is 0.241. The van der Waals surface area contributed by atoms with E-state index in [1.54, 1.807) is 6.07 Å². The molecule has 104 valence electrons. The minimum atomic E-state index is -0.391. The third kappa shape index (κ3) is 4.01. The first-order valence-corrected chi connectivity index (χ1v) is 6.63. The van der Waals surface area contributed by atoms with Crippen molar-refractivity contribution in [2.75, 3.05) is 19.7 Å². The molecule has 0 aliphatic carbocycles. The quantitative estimate of drug-likeness (QED) is 0.838. The summed E-state index contributed by atoms with van der Waals surface area (Å²) in [7, 11) is 0. The zero-order valence-corrected chi connectivity index (χ0v) is 11.5. The molecular weight excluding hydrogens is 268 g/mol. The van der Waals surface area contributed by atoms with Crippen molar-refractivity contribution in [3.8, 4) is 5.75 Å². The third-order valence-electron chi connectivity index (χ3n) is 2.76. The molecule has 0 aromatic heterocycles. The summed E-state index contributed by atoms with van der Waals surface area (Å²) in [6, 6.07) is 5.49. The largest absolute Gasteiger partial charge is 0.489 e. The lowest BCUT2D eigenvalue weighted by atomic mass is 10.2. The number of hydrogen-bond donors (Lipinski definition) is 2. The molecule has 0 bridgehead atoms. The van der Waals surface area contributed by atoms with Gasteiger partial charge >= 0.3 is 6.09 Å². The highest BCUT2D eigenvalue weighted by atomic mass is 35.5. The van der Waals surface area contributed by atoms with Gasteiger partial charge in [0.25, 0.3) is 0 Å². The van der Waals surface area contributed by atoms with Crippen LogP contribution in [0.5, 0.6) is 5.75 Å². The van der Waals surface area contributed by atoms with E-state index in [0.29, 0.717) is 24.7 Å². The van der Waals surface area contributed by atoms with Crippen molar-refractivity contribution < 1.29 is 14.3 Å². The van der Waals surface area contributed by atoms with Crippen LogP contribution in [-0.4, -0.2) is 31.9 Å². The molecule has 6 heteroatoms. The van der Waals surface area contributed by atoms with Crippen LogP contribution in [0.25, 0.3) is 0 Å². The molecule has 1 aliphatic rings. The molecule has 1 amide bonds. The summed E-state index contributed by atoms with van der Waals surface area (Å²) in [5, 5.41) is 6.50.